The average Bonchev–Trinajstić information content (AvgIpc) is 3.25. The molecule has 2 saturated heterocycles. The first kappa shape index (κ1) is 18.3. The minimum absolute atomic E-state index is 0.448. The van der Waals surface area contributed by atoms with Crippen LogP contribution in [0.3, 0.4) is 0 Å². The number of nitrogens with one attached hydrogen (secondary N) is 1. The van der Waals surface area contributed by atoms with Crippen molar-refractivity contribution in [1.82, 2.24) is 10.2 Å². The molecule has 3 heteroatoms. The van der Waals surface area contributed by atoms with E-state index in [0.717, 1.165) is 18.2 Å². The summed E-state index contributed by atoms with van der Waals surface area (Å²) in [6, 6.07) is 19.2. The van der Waals surface area contributed by atoms with E-state index in [1.54, 1.807) is 7.11 Å². The number of hydrogen-bond donors (Lipinski definition) is 1. The Balaban J connectivity index is 1.33. The summed E-state index contributed by atoms with van der Waals surface area (Å²) in [6.45, 7) is 5.81. The van der Waals surface area contributed by atoms with Crippen LogP contribution in [0.2, 0.25) is 0 Å². The van der Waals surface area contributed by atoms with Crippen molar-refractivity contribution >= 4 is 6.08 Å². The second-order valence-corrected chi connectivity index (χ2v) is 8.05. The molecule has 2 unspecified atom stereocenters. The van der Waals surface area contributed by atoms with Gasteiger partial charge in [-0.05, 0) is 48.6 Å². The summed E-state index contributed by atoms with van der Waals surface area (Å²) in [7, 11) is 1.71. The minimum Gasteiger partial charge on any atom is -0.497 e. The molecule has 2 aliphatic rings. The number of methoxy groups -OCH3 is 1. The molecule has 27 heavy (non-hydrogen) atoms. The Morgan fingerprint density at radius 2 is 1.96 bits per heavy atom. The monoisotopic (exact) mass is 362 g/mol. The van der Waals surface area contributed by atoms with Crippen LogP contribution >= 0.6 is 0 Å². The molecule has 0 spiro atoms. The van der Waals surface area contributed by atoms with Gasteiger partial charge in [-0.1, -0.05) is 54.6 Å². The summed E-state index contributed by atoms with van der Waals surface area (Å²) in [6.07, 6.45) is 7.01. The molecule has 2 fully saturated rings. The molecule has 1 N–H and O–H groups in total. The molecular weight excluding hydrogens is 332 g/mol. The predicted molar refractivity (Wildman–Crippen MR) is 112 cm³/mol. The molecular formula is C24H30N2O. The molecule has 2 aliphatic heterocycles. The Hall–Kier alpha value is -2.10. The van der Waals surface area contributed by atoms with Gasteiger partial charge in [0, 0.05) is 31.6 Å². The molecule has 142 valence electrons. The third kappa shape index (κ3) is 4.26. The van der Waals surface area contributed by atoms with E-state index in [2.05, 4.69) is 64.8 Å². The van der Waals surface area contributed by atoms with Crippen LogP contribution in [0.5, 0.6) is 5.75 Å². The lowest BCUT2D eigenvalue weighted by molar-refractivity contribution is 0.249. The van der Waals surface area contributed by atoms with Gasteiger partial charge in [0.2, 0.25) is 0 Å². The number of benzene rings is 2. The second kappa shape index (κ2) is 8.28. The minimum atomic E-state index is 0.448. The topological polar surface area (TPSA) is 24.5 Å². The summed E-state index contributed by atoms with van der Waals surface area (Å²) in [5, 5.41) is 3.66. The molecule has 3 nitrogen and oxygen atoms in total. The summed E-state index contributed by atoms with van der Waals surface area (Å²) in [5.41, 5.74) is 3.15. The van der Waals surface area contributed by atoms with Crippen LogP contribution in [0.25, 0.3) is 6.08 Å². The first-order chi connectivity index (χ1) is 13.3. The summed E-state index contributed by atoms with van der Waals surface area (Å²) in [4.78, 5) is 2.64. The highest BCUT2D eigenvalue weighted by molar-refractivity contribution is 5.50. The fourth-order valence-corrected chi connectivity index (χ4v) is 4.72. The predicted octanol–water partition coefficient (Wildman–Crippen LogP) is 3.86. The van der Waals surface area contributed by atoms with Crippen molar-refractivity contribution in [3.05, 3.63) is 71.8 Å². The third-order valence-corrected chi connectivity index (χ3v) is 6.30. The Morgan fingerprint density at radius 3 is 2.74 bits per heavy atom. The van der Waals surface area contributed by atoms with E-state index in [1.807, 2.05) is 12.1 Å². The van der Waals surface area contributed by atoms with Crippen LogP contribution in [0.4, 0.5) is 0 Å². The van der Waals surface area contributed by atoms with Gasteiger partial charge >= 0.3 is 0 Å². The van der Waals surface area contributed by atoms with Crippen LogP contribution in [-0.2, 0) is 6.42 Å². The molecule has 0 amide bonds. The summed E-state index contributed by atoms with van der Waals surface area (Å²) >= 11 is 0. The largest absolute Gasteiger partial charge is 0.497 e. The first-order valence-corrected chi connectivity index (χ1v) is 10.0. The molecule has 2 aromatic carbocycles. The fraction of sp³-hybridized carbons (Fsp3) is 0.417. The highest BCUT2D eigenvalue weighted by Gasteiger charge is 2.48. The SMILES string of the molecule is COc1ccc(C=CCN2CC3CNCC3(CCc3ccccc3)C2)cc1. The number of ether oxygens (including phenoxy) is 1. The van der Waals surface area contributed by atoms with Gasteiger partial charge in [-0.25, -0.2) is 0 Å². The van der Waals surface area contributed by atoms with Crippen molar-refractivity contribution in [2.75, 3.05) is 39.8 Å². The maximum absolute atomic E-state index is 5.23. The Morgan fingerprint density at radius 1 is 1.15 bits per heavy atom. The highest BCUT2D eigenvalue weighted by atomic mass is 16.5. The number of hydrogen-bond acceptors (Lipinski definition) is 3. The summed E-state index contributed by atoms with van der Waals surface area (Å²) < 4.78 is 5.23. The zero-order valence-corrected chi connectivity index (χ0v) is 16.2. The standard InChI is InChI=1S/C24H30N2O/c1-27-23-11-9-21(10-12-23)8-5-15-26-17-22-16-25-18-24(22,19-26)14-13-20-6-3-2-4-7-20/h2-12,22,25H,13-19H2,1H3. The van der Waals surface area contributed by atoms with Gasteiger partial charge < -0.3 is 10.1 Å². The molecule has 2 aromatic rings. The smallest absolute Gasteiger partial charge is 0.118 e. The number of rotatable bonds is 7. The van der Waals surface area contributed by atoms with Crippen molar-refractivity contribution in [3.63, 3.8) is 0 Å². The Bertz CT molecular complexity index is 756. The zero-order valence-electron chi connectivity index (χ0n) is 16.2. The first-order valence-electron chi connectivity index (χ1n) is 10.0. The van der Waals surface area contributed by atoms with Gasteiger partial charge in [-0.15, -0.1) is 0 Å². The van der Waals surface area contributed by atoms with E-state index in [1.165, 1.54) is 50.1 Å². The van der Waals surface area contributed by atoms with E-state index in [0.29, 0.717) is 5.41 Å². The molecule has 0 bridgehead atoms. The van der Waals surface area contributed by atoms with Crippen molar-refractivity contribution in [1.29, 1.82) is 0 Å². The van der Waals surface area contributed by atoms with E-state index in [-0.39, 0.29) is 0 Å². The van der Waals surface area contributed by atoms with Gasteiger partial charge in [0.05, 0.1) is 7.11 Å². The van der Waals surface area contributed by atoms with Crippen molar-refractivity contribution in [2.45, 2.75) is 12.8 Å². The number of aryl methyl sites for hydroxylation is 1. The van der Waals surface area contributed by atoms with Crippen LogP contribution in [0, 0.1) is 11.3 Å². The van der Waals surface area contributed by atoms with Crippen molar-refractivity contribution < 1.29 is 4.74 Å². The van der Waals surface area contributed by atoms with E-state index >= 15 is 0 Å². The van der Waals surface area contributed by atoms with Crippen molar-refractivity contribution in [2.24, 2.45) is 11.3 Å². The lowest BCUT2D eigenvalue weighted by Gasteiger charge is -2.28. The third-order valence-electron chi connectivity index (χ3n) is 6.30. The molecule has 0 aromatic heterocycles. The zero-order chi connectivity index (χ0) is 18.5. The van der Waals surface area contributed by atoms with E-state index in [4.69, 9.17) is 4.74 Å². The maximum atomic E-state index is 5.23. The van der Waals surface area contributed by atoms with Gasteiger partial charge in [0.25, 0.3) is 0 Å². The fourth-order valence-electron chi connectivity index (χ4n) is 4.72. The van der Waals surface area contributed by atoms with Gasteiger partial charge in [0.15, 0.2) is 0 Å². The highest BCUT2D eigenvalue weighted by Crippen LogP contribution is 2.42. The van der Waals surface area contributed by atoms with Crippen molar-refractivity contribution in [3.8, 4) is 5.75 Å². The quantitative estimate of drug-likeness (QED) is 0.809. The molecule has 2 atom stereocenters. The maximum Gasteiger partial charge on any atom is 0.118 e. The van der Waals surface area contributed by atoms with Gasteiger partial charge in [-0.3, -0.25) is 4.90 Å². The van der Waals surface area contributed by atoms with Gasteiger partial charge in [-0.2, -0.15) is 0 Å². The van der Waals surface area contributed by atoms with Crippen LogP contribution in [0.15, 0.2) is 60.7 Å². The van der Waals surface area contributed by atoms with Crippen LogP contribution in [0.1, 0.15) is 17.5 Å². The Kier molecular flexibility index (Phi) is 5.61. The van der Waals surface area contributed by atoms with Crippen LogP contribution in [-0.4, -0.2) is 44.7 Å². The number of likely N-dealkylation sites (tertiary alicyclic amines) is 1. The molecule has 0 saturated carbocycles. The van der Waals surface area contributed by atoms with E-state index in [9.17, 15) is 0 Å². The lowest BCUT2D eigenvalue weighted by Crippen LogP contribution is -2.33. The molecule has 2 heterocycles. The van der Waals surface area contributed by atoms with Crippen LogP contribution < -0.4 is 10.1 Å². The second-order valence-electron chi connectivity index (χ2n) is 8.05. The number of nitrogens with zero attached hydrogens (tertiary/aromatic N) is 1. The Labute approximate surface area is 163 Å². The van der Waals surface area contributed by atoms with E-state index < -0.39 is 0 Å². The lowest BCUT2D eigenvalue weighted by atomic mass is 9.76. The average molecular weight is 363 g/mol. The summed E-state index contributed by atoms with van der Waals surface area (Å²) in [5.74, 6) is 1.70. The van der Waals surface area contributed by atoms with Gasteiger partial charge in [0.1, 0.15) is 5.75 Å². The molecule has 0 aliphatic carbocycles. The normalized spacial score (nSPS) is 25.1. The molecule has 0 radical (unpaired) electrons. The number of fused-ring (bicyclic) bond motifs is 1. The molecule has 4 rings (SSSR count).